The minimum Gasteiger partial charge on any atom is -0.481 e. The third-order valence-electron chi connectivity index (χ3n) is 3.86. The minimum atomic E-state index is -0.946. The van der Waals surface area contributed by atoms with Gasteiger partial charge in [-0.15, -0.1) is 0 Å². The van der Waals surface area contributed by atoms with Gasteiger partial charge in [0.1, 0.15) is 0 Å². The van der Waals surface area contributed by atoms with Crippen LogP contribution in [0.4, 0.5) is 0 Å². The van der Waals surface area contributed by atoms with E-state index < -0.39 is 11.9 Å². The number of hydrogen-bond donors (Lipinski definition) is 2. The smallest absolute Gasteiger partial charge is 0.308 e. The number of nitrogens with one attached hydrogen (secondary N) is 1. The molecule has 0 aliphatic carbocycles. The molecule has 0 radical (unpaired) electrons. The summed E-state index contributed by atoms with van der Waals surface area (Å²) < 4.78 is 0. The molecule has 0 spiro atoms. The molecule has 0 bridgehead atoms. The van der Waals surface area contributed by atoms with Crippen LogP contribution in [0, 0.1) is 24.2 Å². The van der Waals surface area contributed by atoms with Crippen molar-refractivity contribution in [2.75, 3.05) is 6.54 Å². The zero-order valence-corrected chi connectivity index (χ0v) is 13.3. The second-order valence-corrected chi connectivity index (χ2v) is 5.56. The number of carboxylic acids is 1. The van der Waals surface area contributed by atoms with Crippen molar-refractivity contribution < 1.29 is 14.7 Å². The van der Waals surface area contributed by atoms with E-state index >= 15 is 0 Å². The Morgan fingerprint density at radius 2 is 1.83 bits per heavy atom. The summed E-state index contributed by atoms with van der Waals surface area (Å²) in [5.41, 5.74) is 2.85. The Morgan fingerprint density at radius 3 is 2.42 bits per heavy atom. The lowest BCUT2D eigenvalue weighted by atomic mass is 9.96. The number of rotatable bonds is 6. The second-order valence-electron chi connectivity index (χ2n) is 5.56. The third-order valence-corrected chi connectivity index (χ3v) is 3.86. The van der Waals surface area contributed by atoms with Gasteiger partial charge in [0.2, 0.25) is 0 Å². The van der Waals surface area contributed by atoms with E-state index in [1.807, 2.05) is 37.3 Å². The van der Waals surface area contributed by atoms with Crippen molar-refractivity contribution in [2.24, 2.45) is 5.92 Å². The molecular formula is C19H18N2O3. The fraction of sp³-hybridized carbons (Fsp3) is 0.211. The van der Waals surface area contributed by atoms with Crippen LogP contribution in [0.15, 0.2) is 48.5 Å². The molecule has 0 fully saturated rings. The van der Waals surface area contributed by atoms with Gasteiger partial charge in [0.25, 0.3) is 5.91 Å². The topological polar surface area (TPSA) is 90.2 Å². The molecule has 0 aliphatic heterocycles. The average molecular weight is 322 g/mol. The molecule has 5 heteroatoms. The van der Waals surface area contributed by atoms with Gasteiger partial charge in [0, 0.05) is 12.1 Å². The van der Waals surface area contributed by atoms with Crippen LogP contribution in [0.5, 0.6) is 0 Å². The van der Waals surface area contributed by atoms with Crippen LogP contribution in [0.2, 0.25) is 0 Å². The predicted molar refractivity (Wildman–Crippen MR) is 89.5 cm³/mol. The van der Waals surface area contributed by atoms with Gasteiger partial charge in [0.05, 0.1) is 17.6 Å². The Balaban J connectivity index is 2.00. The van der Waals surface area contributed by atoms with Crippen molar-refractivity contribution in [2.45, 2.75) is 13.3 Å². The molecule has 24 heavy (non-hydrogen) atoms. The number of amides is 1. The van der Waals surface area contributed by atoms with Crippen molar-refractivity contribution in [3.05, 3.63) is 70.8 Å². The van der Waals surface area contributed by atoms with Crippen LogP contribution >= 0.6 is 0 Å². The first-order valence-corrected chi connectivity index (χ1v) is 7.57. The molecule has 2 rings (SSSR count). The third kappa shape index (κ3) is 4.43. The van der Waals surface area contributed by atoms with Gasteiger partial charge in [0.15, 0.2) is 0 Å². The first-order valence-electron chi connectivity index (χ1n) is 7.57. The van der Waals surface area contributed by atoms with Crippen LogP contribution in [0.3, 0.4) is 0 Å². The molecule has 2 aromatic rings. The maximum atomic E-state index is 12.1. The van der Waals surface area contributed by atoms with Gasteiger partial charge in [-0.25, -0.2) is 0 Å². The lowest BCUT2D eigenvalue weighted by Gasteiger charge is -2.15. The molecule has 2 aromatic carbocycles. The van der Waals surface area contributed by atoms with Crippen molar-refractivity contribution in [3.63, 3.8) is 0 Å². The molecule has 2 N–H and O–H groups in total. The molecule has 0 saturated carbocycles. The summed E-state index contributed by atoms with van der Waals surface area (Å²) in [7, 11) is 0. The molecule has 1 atom stereocenters. The van der Waals surface area contributed by atoms with E-state index in [2.05, 4.69) is 5.32 Å². The lowest BCUT2D eigenvalue weighted by Crippen LogP contribution is -2.34. The van der Waals surface area contributed by atoms with E-state index in [1.54, 1.807) is 24.3 Å². The largest absolute Gasteiger partial charge is 0.481 e. The van der Waals surface area contributed by atoms with Crippen molar-refractivity contribution in [1.82, 2.24) is 5.32 Å². The number of carboxylic acid groups (broad SMARTS) is 1. The highest BCUT2D eigenvalue weighted by Gasteiger charge is 2.20. The maximum absolute atomic E-state index is 12.1. The molecule has 122 valence electrons. The van der Waals surface area contributed by atoms with Crippen LogP contribution in [0.1, 0.15) is 27.0 Å². The van der Waals surface area contributed by atoms with E-state index in [-0.39, 0.29) is 12.5 Å². The average Bonchev–Trinajstić information content (AvgIpc) is 2.59. The van der Waals surface area contributed by atoms with E-state index in [0.29, 0.717) is 17.5 Å². The highest BCUT2D eigenvalue weighted by atomic mass is 16.4. The summed E-state index contributed by atoms with van der Waals surface area (Å²) in [5, 5.41) is 20.8. The van der Waals surface area contributed by atoms with Crippen LogP contribution in [-0.4, -0.2) is 23.5 Å². The lowest BCUT2D eigenvalue weighted by molar-refractivity contribution is -0.141. The summed E-state index contributed by atoms with van der Waals surface area (Å²) in [4.78, 5) is 23.6. The van der Waals surface area contributed by atoms with E-state index in [1.165, 1.54) is 0 Å². The number of aliphatic carboxylic acids is 1. The Hall–Kier alpha value is -3.13. The summed E-state index contributed by atoms with van der Waals surface area (Å²) in [6.45, 7) is 1.98. The first-order chi connectivity index (χ1) is 11.5. The van der Waals surface area contributed by atoms with Gasteiger partial charge >= 0.3 is 5.97 Å². The maximum Gasteiger partial charge on any atom is 0.308 e. The van der Waals surface area contributed by atoms with Crippen LogP contribution < -0.4 is 5.32 Å². The Labute approximate surface area is 140 Å². The van der Waals surface area contributed by atoms with E-state index in [0.717, 1.165) is 11.1 Å². The number of nitriles is 1. The molecule has 0 unspecified atom stereocenters. The van der Waals surface area contributed by atoms with Crippen molar-refractivity contribution in [3.8, 4) is 6.07 Å². The minimum absolute atomic E-state index is 0.0441. The zero-order chi connectivity index (χ0) is 17.5. The Kier molecular flexibility index (Phi) is 5.69. The van der Waals surface area contributed by atoms with Gasteiger partial charge in [-0.05, 0) is 48.7 Å². The summed E-state index contributed by atoms with van der Waals surface area (Å²) in [6.07, 6.45) is 0.357. The zero-order valence-electron chi connectivity index (χ0n) is 13.3. The SMILES string of the molecule is Cc1ccccc1C[C@@H](CNC(=O)c1ccc(C#N)cc1)C(=O)O. The molecule has 5 nitrogen and oxygen atoms in total. The fourth-order valence-electron chi connectivity index (χ4n) is 2.37. The molecule has 1 amide bonds. The van der Waals surface area contributed by atoms with Crippen LogP contribution in [-0.2, 0) is 11.2 Å². The molecule has 0 aliphatic rings. The molecule has 0 aromatic heterocycles. The molecule has 0 saturated heterocycles. The summed E-state index contributed by atoms with van der Waals surface area (Å²) in [6, 6.07) is 15.8. The fourth-order valence-corrected chi connectivity index (χ4v) is 2.37. The van der Waals surface area contributed by atoms with E-state index in [9.17, 15) is 14.7 Å². The van der Waals surface area contributed by atoms with E-state index in [4.69, 9.17) is 5.26 Å². The number of hydrogen-bond acceptors (Lipinski definition) is 3. The highest BCUT2D eigenvalue weighted by Crippen LogP contribution is 2.13. The van der Waals surface area contributed by atoms with Crippen molar-refractivity contribution in [1.29, 1.82) is 5.26 Å². The molecule has 0 heterocycles. The number of carbonyl (C=O) groups is 2. The van der Waals surface area contributed by atoms with Gasteiger partial charge in [-0.3, -0.25) is 9.59 Å². The van der Waals surface area contributed by atoms with Gasteiger partial charge < -0.3 is 10.4 Å². The second kappa shape index (κ2) is 7.93. The highest BCUT2D eigenvalue weighted by molar-refractivity contribution is 5.94. The Morgan fingerprint density at radius 1 is 1.17 bits per heavy atom. The predicted octanol–water partition coefficient (Wildman–Crippen LogP) is 2.54. The summed E-state index contributed by atoms with van der Waals surface area (Å²) in [5.74, 6) is -2.00. The number of benzene rings is 2. The monoisotopic (exact) mass is 322 g/mol. The van der Waals surface area contributed by atoms with Gasteiger partial charge in [-0.1, -0.05) is 24.3 Å². The van der Waals surface area contributed by atoms with Crippen LogP contribution in [0.25, 0.3) is 0 Å². The molecular weight excluding hydrogens is 304 g/mol. The number of nitrogens with zero attached hydrogens (tertiary/aromatic N) is 1. The normalized spacial score (nSPS) is 11.3. The number of carbonyl (C=O) groups excluding carboxylic acids is 1. The summed E-state index contributed by atoms with van der Waals surface area (Å²) >= 11 is 0. The Bertz CT molecular complexity index is 776. The van der Waals surface area contributed by atoms with Crippen molar-refractivity contribution >= 4 is 11.9 Å². The number of aryl methyl sites for hydroxylation is 1. The first kappa shape index (κ1) is 17.2. The standard InChI is InChI=1S/C19H18N2O3/c1-13-4-2-3-5-16(13)10-17(19(23)24)12-21-18(22)15-8-6-14(11-20)7-9-15/h2-9,17H,10,12H2,1H3,(H,21,22)(H,23,24)/t17-/m0/s1. The van der Waals surface area contributed by atoms with Gasteiger partial charge in [-0.2, -0.15) is 5.26 Å². The quantitative estimate of drug-likeness (QED) is 0.855.